The molecule has 1 aromatic rings. The molecule has 1 unspecified atom stereocenters. The van der Waals surface area contributed by atoms with E-state index < -0.39 is 11.7 Å². The number of aliphatic imine (C=N–C) groups is 1. The van der Waals surface area contributed by atoms with Gasteiger partial charge in [-0.25, -0.2) is 0 Å². The largest absolute Gasteiger partial charge is 0.416 e. The molecule has 0 bridgehead atoms. The fourth-order valence-corrected chi connectivity index (χ4v) is 3.15. The molecule has 1 fully saturated rings. The average molecular weight is 370 g/mol. The van der Waals surface area contributed by atoms with Gasteiger partial charge in [-0.05, 0) is 56.0 Å². The molecule has 1 heterocycles. The lowest BCUT2D eigenvalue weighted by atomic mass is 10.1. The maximum absolute atomic E-state index is 12.6. The van der Waals surface area contributed by atoms with Gasteiger partial charge in [-0.2, -0.15) is 13.2 Å². The second-order valence-electron chi connectivity index (χ2n) is 6.94. The SMILES string of the molecule is CN=C(NCCc1ccc(C(F)(F)F)cc1)NCC(C)CN1CCCC1. The van der Waals surface area contributed by atoms with Crippen LogP contribution in [-0.4, -0.2) is 50.6 Å². The molecule has 4 nitrogen and oxygen atoms in total. The van der Waals surface area contributed by atoms with Crippen molar-refractivity contribution >= 4 is 5.96 Å². The Hall–Kier alpha value is -1.76. The predicted octanol–water partition coefficient (Wildman–Crippen LogP) is 3.14. The van der Waals surface area contributed by atoms with Crippen molar-refractivity contribution in [3.63, 3.8) is 0 Å². The van der Waals surface area contributed by atoms with Crippen molar-refractivity contribution in [1.29, 1.82) is 0 Å². The van der Waals surface area contributed by atoms with Crippen molar-refractivity contribution in [1.82, 2.24) is 15.5 Å². The zero-order chi connectivity index (χ0) is 19.0. The van der Waals surface area contributed by atoms with Gasteiger partial charge in [0.05, 0.1) is 5.56 Å². The van der Waals surface area contributed by atoms with Crippen molar-refractivity contribution in [2.24, 2.45) is 10.9 Å². The molecule has 1 aromatic carbocycles. The lowest BCUT2D eigenvalue weighted by Gasteiger charge is -2.21. The molecule has 0 aromatic heterocycles. The van der Waals surface area contributed by atoms with Gasteiger partial charge in [0.2, 0.25) is 0 Å². The quantitative estimate of drug-likeness (QED) is 0.572. The maximum Gasteiger partial charge on any atom is 0.416 e. The van der Waals surface area contributed by atoms with Crippen LogP contribution in [0, 0.1) is 5.92 Å². The number of halogens is 3. The number of rotatable bonds is 7. The van der Waals surface area contributed by atoms with Crippen LogP contribution < -0.4 is 10.6 Å². The van der Waals surface area contributed by atoms with Crippen molar-refractivity contribution in [3.05, 3.63) is 35.4 Å². The van der Waals surface area contributed by atoms with E-state index >= 15 is 0 Å². The average Bonchev–Trinajstić information content (AvgIpc) is 3.10. The Kier molecular flexibility index (Phi) is 7.75. The number of nitrogens with zero attached hydrogens (tertiary/aromatic N) is 2. The van der Waals surface area contributed by atoms with Gasteiger partial charge in [0, 0.05) is 26.7 Å². The van der Waals surface area contributed by atoms with E-state index in [2.05, 4.69) is 27.4 Å². The van der Waals surface area contributed by atoms with Crippen molar-refractivity contribution in [3.8, 4) is 0 Å². The summed E-state index contributed by atoms with van der Waals surface area (Å²) in [7, 11) is 1.72. The van der Waals surface area contributed by atoms with Crippen LogP contribution in [0.25, 0.3) is 0 Å². The highest BCUT2D eigenvalue weighted by atomic mass is 19.4. The van der Waals surface area contributed by atoms with Gasteiger partial charge in [-0.3, -0.25) is 4.99 Å². The first-order valence-electron chi connectivity index (χ1n) is 9.21. The summed E-state index contributed by atoms with van der Waals surface area (Å²) in [6.07, 6.45) is -1.04. The van der Waals surface area contributed by atoms with Gasteiger partial charge in [-0.1, -0.05) is 19.1 Å². The standard InChI is InChI=1S/C19H29F3N4/c1-15(14-26-11-3-4-12-26)13-25-18(23-2)24-10-9-16-5-7-17(8-6-16)19(20,21)22/h5-8,15H,3-4,9-14H2,1-2H3,(H2,23,24,25). The molecule has 7 heteroatoms. The number of hydrogen-bond acceptors (Lipinski definition) is 2. The molecular formula is C19H29F3N4. The molecular weight excluding hydrogens is 341 g/mol. The number of likely N-dealkylation sites (tertiary alicyclic amines) is 1. The van der Waals surface area contributed by atoms with E-state index in [1.807, 2.05) is 0 Å². The monoisotopic (exact) mass is 370 g/mol. The van der Waals surface area contributed by atoms with Gasteiger partial charge in [0.15, 0.2) is 5.96 Å². The smallest absolute Gasteiger partial charge is 0.356 e. The molecule has 0 radical (unpaired) electrons. The summed E-state index contributed by atoms with van der Waals surface area (Å²) in [6, 6.07) is 5.31. The third kappa shape index (κ3) is 6.86. The Morgan fingerprint density at radius 1 is 1.15 bits per heavy atom. The van der Waals surface area contributed by atoms with Crippen molar-refractivity contribution in [2.45, 2.75) is 32.4 Å². The number of guanidine groups is 1. The highest BCUT2D eigenvalue weighted by Crippen LogP contribution is 2.29. The molecule has 26 heavy (non-hydrogen) atoms. The first-order chi connectivity index (χ1) is 12.4. The van der Waals surface area contributed by atoms with E-state index in [0.29, 0.717) is 18.9 Å². The van der Waals surface area contributed by atoms with Gasteiger partial charge in [-0.15, -0.1) is 0 Å². The Morgan fingerprint density at radius 3 is 2.38 bits per heavy atom. The first kappa shape index (κ1) is 20.6. The Labute approximate surface area is 153 Å². The van der Waals surface area contributed by atoms with E-state index in [1.165, 1.54) is 38.1 Å². The van der Waals surface area contributed by atoms with Crippen LogP contribution in [0.1, 0.15) is 30.9 Å². The zero-order valence-corrected chi connectivity index (χ0v) is 15.6. The van der Waals surface area contributed by atoms with Gasteiger partial charge in [0.1, 0.15) is 0 Å². The summed E-state index contributed by atoms with van der Waals surface area (Å²) in [5.41, 5.74) is 0.252. The molecule has 1 aliphatic heterocycles. The summed E-state index contributed by atoms with van der Waals surface area (Å²) in [4.78, 5) is 6.69. The molecule has 2 N–H and O–H groups in total. The van der Waals surface area contributed by atoms with Crippen molar-refractivity contribution in [2.75, 3.05) is 39.8 Å². The summed E-state index contributed by atoms with van der Waals surface area (Å²) < 4.78 is 37.7. The van der Waals surface area contributed by atoms with Crippen LogP contribution in [0.2, 0.25) is 0 Å². The van der Waals surface area contributed by atoms with E-state index in [4.69, 9.17) is 0 Å². The van der Waals surface area contributed by atoms with Crippen LogP contribution in [0.5, 0.6) is 0 Å². The molecule has 0 saturated carbocycles. The Morgan fingerprint density at radius 2 is 1.81 bits per heavy atom. The summed E-state index contributed by atoms with van der Waals surface area (Å²) in [6.45, 7) is 7.17. The lowest BCUT2D eigenvalue weighted by molar-refractivity contribution is -0.137. The van der Waals surface area contributed by atoms with Crippen LogP contribution >= 0.6 is 0 Å². The van der Waals surface area contributed by atoms with E-state index in [0.717, 1.165) is 36.7 Å². The molecule has 2 rings (SSSR count). The number of alkyl halides is 3. The maximum atomic E-state index is 12.6. The van der Waals surface area contributed by atoms with Crippen LogP contribution in [0.3, 0.4) is 0 Å². The topological polar surface area (TPSA) is 39.7 Å². The van der Waals surface area contributed by atoms with Crippen LogP contribution in [0.4, 0.5) is 13.2 Å². The fraction of sp³-hybridized carbons (Fsp3) is 0.632. The zero-order valence-electron chi connectivity index (χ0n) is 15.6. The molecule has 0 spiro atoms. The fourth-order valence-electron chi connectivity index (χ4n) is 3.15. The first-order valence-corrected chi connectivity index (χ1v) is 9.21. The highest BCUT2D eigenvalue weighted by molar-refractivity contribution is 5.79. The normalized spacial score (nSPS) is 17.3. The van der Waals surface area contributed by atoms with E-state index in [9.17, 15) is 13.2 Å². The molecule has 0 aliphatic carbocycles. The molecule has 1 saturated heterocycles. The van der Waals surface area contributed by atoms with Gasteiger partial charge < -0.3 is 15.5 Å². The predicted molar refractivity (Wildman–Crippen MR) is 99.4 cm³/mol. The van der Waals surface area contributed by atoms with Gasteiger partial charge in [0.25, 0.3) is 0 Å². The highest BCUT2D eigenvalue weighted by Gasteiger charge is 2.29. The minimum Gasteiger partial charge on any atom is -0.356 e. The number of hydrogen-bond donors (Lipinski definition) is 2. The second kappa shape index (κ2) is 9.80. The van der Waals surface area contributed by atoms with Crippen molar-refractivity contribution < 1.29 is 13.2 Å². The van der Waals surface area contributed by atoms with E-state index in [-0.39, 0.29) is 0 Å². The second-order valence-corrected chi connectivity index (χ2v) is 6.94. The Balaban J connectivity index is 1.68. The third-order valence-electron chi connectivity index (χ3n) is 4.60. The molecule has 1 atom stereocenters. The van der Waals surface area contributed by atoms with Gasteiger partial charge >= 0.3 is 6.18 Å². The minimum atomic E-state index is -4.28. The molecule has 0 amide bonds. The molecule has 146 valence electrons. The number of nitrogens with one attached hydrogen (secondary N) is 2. The minimum absolute atomic E-state index is 0.529. The number of benzene rings is 1. The third-order valence-corrected chi connectivity index (χ3v) is 4.60. The summed E-state index contributed by atoms with van der Waals surface area (Å²) in [5.74, 6) is 1.26. The Bertz CT molecular complexity index is 563. The lowest BCUT2D eigenvalue weighted by Crippen LogP contribution is -2.42. The van der Waals surface area contributed by atoms with Crippen LogP contribution in [0.15, 0.2) is 29.3 Å². The summed E-state index contributed by atoms with van der Waals surface area (Å²) >= 11 is 0. The summed E-state index contributed by atoms with van der Waals surface area (Å²) in [5, 5.41) is 6.54. The van der Waals surface area contributed by atoms with E-state index in [1.54, 1.807) is 7.05 Å². The molecule has 1 aliphatic rings. The van der Waals surface area contributed by atoms with Crippen LogP contribution in [-0.2, 0) is 12.6 Å².